The second-order valence-corrected chi connectivity index (χ2v) is 7.45. The van der Waals surface area contributed by atoms with Gasteiger partial charge in [0.05, 0.1) is 0 Å². The van der Waals surface area contributed by atoms with Crippen LogP contribution in [0.25, 0.3) is 10.4 Å². The fourth-order valence-electron chi connectivity index (χ4n) is 2.73. The van der Waals surface area contributed by atoms with Crippen molar-refractivity contribution in [3.8, 4) is 0 Å². The van der Waals surface area contributed by atoms with Gasteiger partial charge in [0, 0.05) is 76.4 Å². The third kappa shape index (κ3) is 17.8. The van der Waals surface area contributed by atoms with E-state index < -0.39 is 0 Å². The Balaban J connectivity index is 4.34. The summed E-state index contributed by atoms with van der Waals surface area (Å²) in [6.07, 6.45) is 2.25. The largest absolute Gasteiger partial charge is 0.355 e. The highest BCUT2D eigenvalue weighted by Gasteiger charge is 2.11. The molecule has 0 rings (SSSR count). The molecule has 0 spiro atoms. The summed E-state index contributed by atoms with van der Waals surface area (Å²) < 4.78 is 0. The van der Waals surface area contributed by atoms with Crippen molar-refractivity contribution in [3.63, 3.8) is 0 Å². The number of nitrogens with one attached hydrogen (secondary N) is 1. The second kappa shape index (κ2) is 17.6. The van der Waals surface area contributed by atoms with Crippen molar-refractivity contribution in [2.45, 2.75) is 52.9 Å². The molecule has 0 aliphatic heterocycles. The van der Waals surface area contributed by atoms with Crippen molar-refractivity contribution in [2.24, 2.45) is 5.11 Å². The van der Waals surface area contributed by atoms with Crippen LogP contribution in [0.3, 0.4) is 0 Å². The number of ketones is 3. The van der Waals surface area contributed by atoms with E-state index in [2.05, 4.69) is 15.3 Å². The van der Waals surface area contributed by atoms with E-state index in [0.29, 0.717) is 84.5 Å². The van der Waals surface area contributed by atoms with Gasteiger partial charge in [-0.2, -0.15) is 0 Å². The second-order valence-electron chi connectivity index (χ2n) is 7.45. The zero-order valence-electron chi connectivity index (χ0n) is 18.6. The Morgan fingerprint density at radius 3 is 1.70 bits per heavy atom. The predicted molar refractivity (Wildman–Crippen MR) is 115 cm³/mol. The van der Waals surface area contributed by atoms with E-state index in [-0.39, 0.29) is 23.3 Å². The van der Waals surface area contributed by atoms with Gasteiger partial charge >= 0.3 is 0 Å². The molecule has 0 bridgehead atoms. The van der Waals surface area contributed by atoms with Crippen LogP contribution in [0.4, 0.5) is 0 Å². The average molecular weight is 425 g/mol. The normalized spacial score (nSPS) is 10.7. The van der Waals surface area contributed by atoms with Crippen molar-refractivity contribution in [1.29, 1.82) is 0 Å². The molecule has 170 valence electrons. The van der Waals surface area contributed by atoms with Crippen molar-refractivity contribution < 1.29 is 19.2 Å². The van der Waals surface area contributed by atoms with E-state index in [0.717, 1.165) is 0 Å². The molecular formula is C20H36N6O4. The molecule has 0 saturated carbocycles. The summed E-state index contributed by atoms with van der Waals surface area (Å²) in [6.45, 7) is 8.91. The van der Waals surface area contributed by atoms with Gasteiger partial charge in [0.2, 0.25) is 5.91 Å². The minimum atomic E-state index is -0.0871. The van der Waals surface area contributed by atoms with Crippen LogP contribution in [0.2, 0.25) is 0 Å². The lowest BCUT2D eigenvalue weighted by Gasteiger charge is -2.22. The standard InChI is InChI=1S/C20H36N6O4/c1-17(27)5-12-25(11-4-9-23-24-21)15-8-20(30)22-10-16-26(13-6-18(2)28)14-7-19(3)29/h4-16H2,1-3H3,(H,22,30). The van der Waals surface area contributed by atoms with Gasteiger partial charge in [-0.25, -0.2) is 0 Å². The summed E-state index contributed by atoms with van der Waals surface area (Å²) in [7, 11) is 0. The molecule has 0 saturated heterocycles. The van der Waals surface area contributed by atoms with Crippen molar-refractivity contribution in [3.05, 3.63) is 10.4 Å². The van der Waals surface area contributed by atoms with Crippen LogP contribution >= 0.6 is 0 Å². The number of rotatable bonds is 19. The minimum Gasteiger partial charge on any atom is -0.355 e. The number of nitrogens with zero attached hydrogens (tertiary/aromatic N) is 5. The van der Waals surface area contributed by atoms with Gasteiger partial charge in [-0.1, -0.05) is 5.11 Å². The molecule has 0 heterocycles. The fraction of sp³-hybridized carbons (Fsp3) is 0.800. The number of amides is 1. The first-order valence-electron chi connectivity index (χ1n) is 10.4. The average Bonchev–Trinajstić information content (AvgIpc) is 2.67. The van der Waals surface area contributed by atoms with Gasteiger partial charge in [0.1, 0.15) is 17.3 Å². The fourth-order valence-corrected chi connectivity index (χ4v) is 2.73. The van der Waals surface area contributed by atoms with Gasteiger partial charge in [-0.15, -0.1) is 0 Å². The van der Waals surface area contributed by atoms with Crippen molar-refractivity contribution >= 4 is 23.3 Å². The molecule has 1 amide bonds. The van der Waals surface area contributed by atoms with Crippen LogP contribution in [-0.4, -0.2) is 85.4 Å². The number of Topliss-reactive ketones (excluding diaryl/α,β-unsaturated/α-hetero) is 3. The van der Waals surface area contributed by atoms with Gasteiger partial charge in [-0.3, -0.25) is 19.2 Å². The number of hydrogen-bond acceptors (Lipinski definition) is 7. The van der Waals surface area contributed by atoms with Crippen LogP contribution < -0.4 is 5.32 Å². The highest BCUT2D eigenvalue weighted by atomic mass is 16.2. The molecule has 0 unspecified atom stereocenters. The number of hydrogen-bond donors (Lipinski definition) is 1. The van der Waals surface area contributed by atoms with Crippen LogP contribution in [0, 0.1) is 0 Å². The third-order valence-corrected chi connectivity index (χ3v) is 4.54. The van der Waals surface area contributed by atoms with Gasteiger partial charge in [0.25, 0.3) is 0 Å². The molecule has 10 heteroatoms. The Morgan fingerprint density at radius 2 is 1.23 bits per heavy atom. The van der Waals surface area contributed by atoms with Crippen molar-refractivity contribution in [2.75, 3.05) is 52.4 Å². The number of carbonyl (C=O) groups is 4. The quantitative estimate of drug-likeness (QED) is 0.145. The Labute approximate surface area is 179 Å². The third-order valence-electron chi connectivity index (χ3n) is 4.54. The van der Waals surface area contributed by atoms with Crippen LogP contribution in [-0.2, 0) is 19.2 Å². The maximum absolute atomic E-state index is 12.2. The van der Waals surface area contributed by atoms with E-state index in [1.165, 1.54) is 20.8 Å². The predicted octanol–water partition coefficient (Wildman–Crippen LogP) is 1.73. The van der Waals surface area contributed by atoms with Gasteiger partial charge in [-0.05, 0) is 39.3 Å². The summed E-state index contributed by atoms with van der Waals surface area (Å²) in [6, 6.07) is 0. The summed E-state index contributed by atoms with van der Waals surface area (Å²) in [5.41, 5.74) is 8.34. The van der Waals surface area contributed by atoms with Crippen LogP contribution in [0.15, 0.2) is 5.11 Å². The molecule has 0 aromatic heterocycles. The first-order valence-corrected chi connectivity index (χ1v) is 10.4. The minimum absolute atomic E-state index is 0.0871. The lowest BCUT2D eigenvalue weighted by molar-refractivity contribution is -0.122. The highest BCUT2D eigenvalue weighted by Crippen LogP contribution is 1.99. The Hall–Kier alpha value is -2.29. The summed E-state index contributed by atoms with van der Waals surface area (Å²) >= 11 is 0. The molecule has 0 aromatic carbocycles. The molecule has 0 aliphatic carbocycles. The molecule has 30 heavy (non-hydrogen) atoms. The maximum Gasteiger partial charge on any atom is 0.221 e. The molecule has 1 N–H and O–H groups in total. The molecule has 10 nitrogen and oxygen atoms in total. The highest BCUT2D eigenvalue weighted by molar-refractivity contribution is 5.77. The van der Waals surface area contributed by atoms with E-state index >= 15 is 0 Å². The molecule has 0 fully saturated rings. The smallest absolute Gasteiger partial charge is 0.221 e. The molecular weight excluding hydrogens is 388 g/mol. The lowest BCUT2D eigenvalue weighted by atomic mass is 10.2. The number of azide groups is 1. The Morgan fingerprint density at radius 1 is 0.767 bits per heavy atom. The van der Waals surface area contributed by atoms with E-state index in [9.17, 15) is 19.2 Å². The van der Waals surface area contributed by atoms with E-state index in [1.807, 2.05) is 9.80 Å². The van der Waals surface area contributed by atoms with Gasteiger partial charge < -0.3 is 15.1 Å². The lowest BCUT2D eigenvalue weighted by Crippen LogP contribution is -2.38. The van der Waals surface area contributed by atoms with Crippen LogP contribution in [0.1, 0.15) is 52.9 Å². The Bertz CT molecular complexity index is 586. The first kappa shape index (κ1) is 27.7. The monoisotopic (exact) mass is 424 g/mol. The molecule has 0 radical (unpaired) electrons. The Kier molecular flexibility index (Phi) is 16.2. The summed E-state index contributed by atoms with van der Waals surface area (Å²) in [5.74, 6) is 0.197. The summed E-state index contributed by atoms with van der Waals surface area (Å²) in [5, 5.41) is 6.38. The van der Waals surface area contributed by atoms with Crippen LogP contribution in [0.5, 0.6) is 0 Å². The number of carbonyl (C=O) groups excluding carboxylic acids is 4. The molecule has 0 aromatic rings. The zero-order valence-corrected chi connectivity index (χ0v) is 18.6. The maximum atomic E-state index is 12.2. The van der Waals surface area contributed by atoms with E-state index in [4.69, 9.17) is 5.53 Å². The van der Waals surface area contributed by atoms with E-state index in [1.54, 1.807) is 0 Å². The van der Waals surface area contributed by atoms with Gasteiger partial charge in [0.15, 0.2) is 0 Å². The first-order chi connectivity index (χ1) is 14.2. The molecule has 0 atom stereocenters. The SMILES string of the molecule is CC(=O)CCN(CCNC(=O)CCN(CCCN=[N+]=[N-])CCC(C)=O)CCC(C)=O. The van der Waals surface area contributed by atoms with Crippen molar-refractivity contribution in [1.82, 2.24) is 15.1 Å². The summed E-state index contributed by atoms with van der Waals surface area (Å²) in [4.78, 5) is 52.6. The molecule has 0 aliphatic rings. The zero-order chi connectivity index (χ0) is 22.8. The topological polar surface area (TPSA) is 136 Å².